The van der Waals surface area contributed by atoms with Gasteiger partial charge in [0.1, 0.15) is 0 Å². The lowest BCUT2D eigenvalue weighted by atomic mass is 9.73. The fourth-order valence-corrected chi connectivity index (χ4v) is 4.31. The van der Waals surface area contributed by atoms with Gasteiger partial charge in [-0.15, -0.1) is 0 Å². The minimum Gasteiger partial charge on any atom is -0.384 e. The topological polar surface area (TPSA) is 62.7 Å². The molecule has 1 aliphatic heterocycles. The summed E-state index contributed by atoms with van der Waals surface area (Å²) in [5.74, 6) is 0.144. The summed E-state index contributed by atoms with van der Waals surface area (Å²) in [6.07, 6.45) is 6.14. The Labute approximate surface area is 178 Å². The fraction of sp³-hybridized carbons (Fsp3) is 0.458. The molecule has 1 fully saturated rings. The van der Waals surface area contributed by atoms with Crippen LogP contribution < -0.4 is 0 Å². The Bertz CT molecular complexity index is 852. The van der Waals surface area contributed by atoms with Gasteiger partial charge in [-0.25, -0.2) is 0 Å². The van der Waals surface area contributed by atoms with E-state index in [9.17, 15) is 9.59 Å². The normalized spacial score (nSPS) is 18.8. The van der Waals surface area contributed by atoms with E-state index in [1.54, 1.807) is 38.5 Å². The van der Waals surface area contributed by atoms with Gasteiger partial charge in [-0.2, -0.15) is 0 Å². The smallest absolute Gasteiger partial charge is 0.230 e. The van der Waals surface area contributed by atoms with E-state index in [0.717, 1.165) is 29.5 Å². The number of carbonyl (C=O) groups is 2. The van der Waals surface area contributed by atoms with Crippen LogP contribution in [0.4, 0.5) is 0 Å². The van der Waals surface area contributed by atoms with Crippen molar-refractivity contribution < 1.29 is 14.3 Å². The van der Waals surface area contributed by atoms with Gasteiger partial charge in [-0.05, 0) is 48.1 Å². The van der Waals surface area contributed by atoms with E-state index in [1.807, 2.05) is 17.0 Å². The molecule has 160 valence electrons. The van der Waals surface area contributed by atoms with Crippen LogP contribution in [0.2, 0.25) is 0 Å². The number of amides is 2. The number of ether oxygens (including phenoxy) is 1. The van der Waals surface area contributed by atoms with Crippen molar-refractivity contribution in [1.82, 2.24) is 14.8 Å². The molecule has 1 saturated heterocycles. The van der Waals surface area contributed by atoms with E-state index in [2.05, 4.69) is 29.2 Å². The van der Waals surface area contributed by atoms with Gasteiger partial charge in [0.2, 0.25) is 11.8 Å². The Balaban J connectivity index is 1.82. The first-order chi connectivity index (χ1) is 14.4. The van der Waals surface area contributed by atoms with Crippen LogP contribution in [0.1, 0.15) is 24.8 Å². The first kappa shape index (κ1) is 22.0. The number of rotatable bonds is 7. The summed E-state index contributed by atoms with van der Waals surface area (Å²) in [5.41, 5.74) is 2.74. The molecule has 30 heavy (non-hydrogen) atoms. The number of hydrogen-bond donors (Lipinski definition) is 0. The van der Waals surface area contributed by atoms with Gasteiger partial charge in [-0.1, -0.05) is 24.3 Å². The number of carbonyl (C=O) groups excluding carboxylic acids is 2. The first-order valence-electron chi connectivity index (χ1n) is 10.4. The zero-order valence-electron chi connectivity index (χ0n) is 18.1. The Morgan fingerprint density at radius 2 is 1.77 bits per heavy atom. The molecule has 0 saturated carbocycles. The third kappa shape index (κ3) is 5.05. The van der Waals surface area contributed by atoms with Crippen LogP contribution in [0.5, 0.6) is 0 Å². The zero-order chi connectivity index (χ0) is 21.6. The van der Waals surface area contributed by atoms with Crippen molar-refractivity contribution in [2.75, 3.05) is 40.9 Å². The van der Waals surface area contributed by atoms with Crippen molar-refractivity contribution in [3.63, 3.8) is 0 Å². The highest BCUT2D eigenvalue weighted by molar-refractivity contribution is 5.85. The molecule has 1 aromatic heterocycles. The molecule has 1 unspecified atom stereocenters. The number of methoxy groups -OCH3 is 1. The molecule has 1 atom stereocenters. The third-order valence-electron chi connectivity index (χ3n) is 5.82. The summed E-state index contributed by atoms with van der Waals surface area (Å²) in [6.45, 7) is 1.56. The standard InChI is InChI=1S/C24H31N3O3/c1-26(2)23(29)24(12-4-15-27(18-24)22(28)11-16-30-3)17-19-5-7-20(8-6-19)21-9-13-25-14-10-21/h5-10,13-14H,4,11-12,15-18H2,1-3H3. The molecule has 1 aliphatic rings. The van der Waals surface area contributed by atoms with Crippen molar-refractivity contribution in [1.29, 1.82) is 0 Å². The maximum atomic E-state index is 13.3. The fourth-order valence-electron chi connectivity index (χ4n) is 4.31. The molecule has 6 nitrogen and oxygen atoms in total. The van der Waals surface area contributed by atoms with Gasteiger partial charge in [0.15, 0.2) is 0 Å². The Hall–Kier alpha value is -2.73. The lowest BCUT2D eigenvalue weighted by Gasteiger charge is -2.43. The van der Waals surface area contributed by atoms with E-state index in [4.69, 9.17) is 4.74 Å². The minimum atomic E-state index is -0.595. The minimum absolute atomic E-state index is 0.0560. The van der Waals surface area contributed by atoms with E-state index < -0.39 is 5.41 Å². The van der Waals surface area contributed by atoms with Crippen molar-refractivity contribution in [2.45, 2.75) is 25.7 Å². The summed E-state index contributed by atoms with van der Waals surface area (Å²) in [7, 11) is 5.18. The Morgan fingerprint density at radius 3 is 2.40 bits per heavy atom. The Kier molecular flexibility index (Phi) is 7.21. The molecule has 0 aliphatic carbocycles. The van der Waals surface area contributed by atoms with Gasteiger partial charge < -0.3 is 14.5 Å². The van der Waals surface area contributed by atoms with E-state index >= 15 is 0 Å². The number of benzene rings is 1. The van der Waals surface area contributed by atoms with Crippen LogP contribution in [0.3, 0.4) is 0 Å². The summed E-state index contributed by atoms with van der Waals surface area (Å²) in [4.78, 5) is 33.4. The molecule has 0 N–H and O–H groups in total. The second-order valence-corrected chi connectivity index (χ2v) is 8.25. The number of hydrogen-bond acceptors (Lipinski definition) is 4. The van der Waals surface area contributed by atoms with E-state index in [1.165, 1.54) is 0 Å². The SMILES string of the molecule is COCCC(=O)N1CCCC(Cc2ccc(-c3ccncc3)cc2)(C(=O)N(C)C)C1. The molecule has 0 bridgehead atoms. The molecule has 6 heteroatoms. The predicted molar refractivity (Wildman–Crippen MR) is 117 cm³/mol. The average Bonchev–Trinajstić information content (AvgIpc) is 2.78. The molecular weight excluding hydrogens is 378 g/mol. The highest BCUT2D eigenvalue weighted by atomic mass is 16.5. The first-order valence-corrected chi connectivity index (χ1v) is 10.4. The molecule has 0 spiro atoms. The van der Waals surface area contributed by atoms with Gasteiger partial charge in [0.25, 0.3) is 0 Å². The molecule has 2 amide bonds. The van der Waals surface area contributed by atoms with Crippen LogP contribution in [0, 0.1) is 5.41 Å². The van der Waals surface area contributed by atoms with Crippen molar-refractivity contribution >= 4 is 11.8 Å². The van der Waals surface area contributed by atoms with Crippen molar-refractivity contribution in [3.8, 4) is 11.1 Å². The largest absolute Gasteiger partial charge is 0.384 e. The van der Waals surface area contributed by atoms with Crippen LogP contribution in [0.25, 0.3) is 11.1 Å². The van der Waals surface area contributed by atoms with Crippen LogP contribution in [-0.4, -0.2) is 67.5 Å². The van der Waals surface area contributed by atoms with Gasteiger partial charge in [0, 0.05) is 46.7 Å². The van der Waals surface area contributed by atoms with Gasteiger partial charge in [0.05, 0.1) is 18.4 Å². The lowest BCUT2D eigenvalue weighted by Crippen LogP contribution is -2.54. The molecule has 3 rings (SSSR count). The van der Waals surface area contributed by atoms with Crippen molar-refractivity contribution in [2.24, 2.45) is 5.41 Å². The van der Waals surface area contributed by atoms with E-state index in [-0.39, 0.29) is 11.8 Å². The summed E-state index contributed by atoms with van der Waals surface area (Å²) < 4.78 is 5.06. The summed E-state index contributed by atoms with van der Waals surface area (Å²) >= 11 is 0. The number of pyridine rings is 1. The number of piperidine rings is 1. The van der Waals surface area contributed by atoms with Crippen LogP contribution in [0.15, 0.2) is 48.8 Å². The number of nitrogens with zero attached hydrogens (tertiary/aromatic N) is 3. The highest BCUT2D eigenvalue weighted by Crippen LogP contribution is 2.36. The predicted octanol–water partition coefficient (Wildman–Crippen LogP) is 3.02. The van der Waals surface area contributed by atoms with Gasteiger partial charge in [-0.3, -0.25) is 14.6 Å². The molecule has 2 heterocycles. The summed E-state index contributed by atoms with van der Waals surface area (Å²) in [6, 6.07) is 12.3. The van der Waals surface area contributed by atoms with Crippen LogP contribution >= 0.6 is 0 Å². The Morgan fingerprint density at radius 1 is 1.10 bits per heavy atom. The maximum absolute atomic E-state index is 13.3. The van der Waals surface area contributed by atoms with Gasteiger partial charge >= 0.3 is 0 Å². The lowest BCUT2D eigenvalue weighted by molar-refractivity contribution is -0.147. The molecule has 2 aromatic rings. The van der Waals surface area contributed by atoms with E-state index in [0.29, 0.717) is 32.5 Å². The zero-order valence-corrected chi connectivity index (χ0v) is 18.1. The maximum Gasteiger partial charge on any atom is 0.230 e. The quantitative estimate of drug-likeness (QED) is 0.705. The third-order valence-corrected chi connectivity index (χ3v) is 5.82. The van der Waals surface area contributed by atoms with Crippen molar-refractivity contribution in [3.05, 3.63) is 54.4 Å². The number of likely N-dealkylation sites (tertiary alicyclic amines) is 1. The second-order valence-electron chi connectivity index (χ2n) is 8.25. The molecule has 1 aromatic carbocycles. The molecule has 0 radical (unpaired) electrons. The van der Waals surface area contributed by atoms with Crippen LogP contribution in [-0.2, 0) is 20.7 Å². The monoisotopic (exact) mass is 409 g/mol. The number of aromatic nitrogens is 1. The average molecular weight is 410 g/mol. The highest BCUT2D eigenvalue weighted by Gasteiger charge is 2.44. The summed E-state index contributed by atoms with van der Waals surface area (Å²) in [5, 5.41) is 0. The molecular formula is C24H31N3O3. The second kappa shape index (κ2) is 9.85.